The lowest BCUT2D eigenvalue weighted by molar-refractivity contribution is 0.577. The third-order valence-electron chi connectivity index (χ3n) is 2.72. The maximum absolute atomic E-state index is 3.63. The molecule has 0 aliphatic heterocycles. The highest BCUT2D eigenvalue weighted by Gasteiger charge is 1.89. The second kappa shape index (κ2) is 14.2. The van der Waals surface area contributed by atoms with Gasteiger partial charge >= 0.3 is 0 Å². The van der Waals surface area contributed by atoms with E-state index in [1.54, 1.807) is 6.08 Å². The summed E-state index contributed by atoms with van der Waals surface area (Å²) in [4.78, 5) is 0. The van der Waals surface area contributed by atoms with Gasteiger partial charge in [-0.05, 0) is 12.8 Å². The molecule has 0 heteroatoms. The van der Waals surface area contributed by atoms with Gasteiger partial charge in [-0.2, -0.15) is 0 Å². The Kier molecular flexibility index (Phi) is 13.5. The first-order chi connectivity index (χ1) is 7.91. The minimum absolute atomic E-state index is 1.22. The fraction of sp³-hybridized carbons (Fsp3) is 0.625. The predicted molar refractivity (Wildman–Crippen MR) is 75.7 cm³/mol. The van der Waals surface area contributed by atoms with Crippen molar-refractivity contribution >= 4 is 0 Å². The summed E-state index contributed by atoms with van der Waals surface area (Å²) in [6.45, 7) is 5.90. The van der Waals surface area contributed by atoms with Gasteiger partial charge in [0, 0.05) is 0 Å². The summed E-state index contributed by atoms with van der Waals surface area (Å²) in [6, 6.07) is 0. The quantitative estimate of drug-likeness (QED) is 0.304. The molecule has 0 aromatic rings. The van der Waals surface area contributed by atoms with Crippen molar-refractivity contribution in [3.63, 3.8) is 0 Å². The zero-order chi connectivity index (χ0) is 11.9. The first-order valence-electron chi connectivity index (χ1n) is 6.86. The number of unbranched alkanes of at least 4 members (excludes halogenated alkanes) is 8. The Morgan fingerprint density at radius 1 is 0.750 bits per heavy atom. The van der Waals surface area contributed by atoms with Gasteiger partial charge in [0.2, 0.25) is 0 Å². The molecule has 0 rings (SSSR count). The minimum atomic E-state index is 1.22. The molecular formula is C16H28. The first kappa shape index (κ1) is 15.2. The van der Waals surface area contributed by atoms with E-state index in [9.17, 15) is 0 Å². The van der Waals surface area contributed by atoms with E-state index in [0.717, 1.165) is 0 Å². The molecule has 16 heavy (non-hydrogen) atoms. The molecule has 0 aliphatic carbocycles. The van der Waals surface area contributed by atoms with Crippen LogP contribution < -0.4 is 0 Å². The highest BCUT2D eigenvalue weighted by atomic mass is 14.0. The molecule has 0 radical (unpaired) electrons. The van der Waals surface area contributed by atoms with E-state index in [0.29, 0.717) is 0 Å². The summed E-state index contributed by atoms with van der Waals surface area (Å²) < 4.78 is 0. The molecule has 0 aromatic carbocycles. The van der Waals surface area contributed by atoms with E-state index in [-0.39, 0.29) is 0 Å². The minimum Gasteiger partial charge on any atom is -0.0991 e. The Labute approximate surface area is 102 Å². The van der Waals surface area contributed by atoms with Crippen molar-refractivity contribution in [2.24, 2.45) is 0 Å². The molecule has 0 aromatic heterocycles. The first-order valence-corrected chi connectivity index (χ1v) is 6.86. The zero-order valence-corrected chi connectivity index (χ0v) is 11.0. The largest absolute Gasteiger partial charge is 0.0991 e. The van der Waals surface area contributed by atoms with E-state index >= 15 is 0 Å². The SMILES string of the molecule is C=C/C=C/C=C/CCCCCCCCCC. The standard InChI is InChI=1S/C16H28/c1-3-5-7-9-11-13-15-16-14-12-10-8-6-4-2/h3,5,7,9,11H,1,4,6,8,10,12-16H2,2H3/b7-5+,11-9+. The molecule has 0 bridgehead atoms. The van der Waals surface area contributed by atoms with Gasteiger partial charge in [-0.3, -0.25) is 0 Å². The average Bonchev–Trinajstić information content (AvgIpc) is 2.31. The summed E-state index contributed by atoms with van der Waals surface area (Å²) in [6.07, 6.45) is 22.6. The van der Waals surface area contributed by atoms with Crippen LogP contribution in [0.3, 0.4) is 0 Å². The fourth-order valence-corrected chi connectivity index (χ4v) is 1.71. The highest BCUT2D eigenvalue weighted by Crippen LogP contribution is 2.09. The monoisotopic (exact) mass is 220 g/mol. The van der Waals surface area contributed by atoms with Crippen LogP contribution in [-0.2, 0) is 0 Å². The van der Waals surface area contributed by atoms with E-state index in [2.05, 4.69) is 25.7 Å². The predicted octanol–water partition coefficient (Wildman–Crippen LogP) is 5.82. The van der Waals surface area contributed by atoms with Gasteiger partial charge in [0.05, 0.1) is 0 Å². The third-order valence-corrected chi connectivity index (χ3v) is 2.72. The number of hydrogen-bond donors (Lipinski definition) is 0. The van der Waals surface area contributed by atoms with Crippen LogP contribution in [0.15, 0.2) is 37.0 Å². The molecule has 0 nitrogen and oxygen atoms in total. The zero-order valence-electron chi connectivity index (χ0n) is 11.0. The maximum atomic E-state index is 3.63. The Bertz CT molecular complexity index is 186. The molecule has 0 saturated carbocycles. The molecule has 0 aliphatic rings. The highest BCUT2D eigenvalue weighted by molar-refractivity contribution is 5.08. The summed E-state index contributed by atoms with van der Waals surface area (Å²) in [7, 11) is 0. The summed E-state index contributed by atoms with van der Waals surface area (Å²) in [5.74, 6) is 0. The Hall–Kier alpha value is -0.780. The molecule has 0 N–H and O–H groups in total. The normalized spacial score (nSPS) is 11.6. The lowest BCUT2D eigenvalue weighted by Gasteiger charge is -1.99. The smallest absolute Gasteiger partial charge is 0.0348 e. The lowest BCUT2D eigenvalue weighted by Crippen LogP contribution is -1.79. The van der Waals surface area contributed by atoms with E-state index in [4.69, 9.17) is 0 Å². The second-order valence-electron chi connectivity index (χ2n) is 4.31. The van der Waals surface area contributed by atoms with E-state index < -0.39 is 0 Å². The van der Waals surface area contributed by atoms with Crippen LogP contribution in [0.1, 0.15) is 64.7 Å². The molecule has 0 unspecified atom stereocenters. The molecule has 92 valence electrons. The number of hydrogen-bond acceptors (Lipinski definition) is 0. The van der Waals surface area contributed by atoms with Gasteiger partial charge in [-0.15, -0.1) is 0 Å². The van der Waals surface area contributed by atoms with Crippen LogP contribution in [0.5, 0.6) is 0 Å². The molecule has 0 saturated heterocycles. The molecule has 0 heterocycles. The van der Waals surface area contributed by atoms with Crippen molar-refractivity contribution < 1.29 is 0 Å². The fourth-order valence-electron chi connectivity index (χ4n) is 1.71. The summed E-state index contributed by atoms with van der Waals surface area (Å²) in [5, 5.41) is 0. The molecular weight excluding hydrogens is 192 g/mol. The van der Waals surface area contributed by atoms with Gasteiger partial charge in [0.15, 0.2) is 0 Å². The van der Waals surface area contributed by atoms with Gasteiger partial charge in [-0.25, -0.2) is 0 Å². The van der Waals surface area contributed by atoms with Crippen LogP contribution in [0.2, 0.25) is 0 Å². The third kappa shape index (κ3) is 13.2. The summed E-state index contributed by atoms with van der Waals surface area (Å²) in [5.41, 5.74) is 0. The van der Waals surface area contributed by atoms with Gasteiger partial charge < -0.3 is 0 Å². The van der Waals surface area contributed by atoms with Crippen LogP contribution in [-0.4, -0.2) is 0 Å². The molecule has 0 atom stereocenters. The maximum Gasteiger partial charge on any atom is -0.0348 e. The molecule has 0 fully saturated rings. The molecule has 0 amide bonds. The number of rotatable bonds is 11. The van der Waals surface area contributed by atoms with Crippen LogP contribution in [0.25, 0.3) is 0 Å². The van der Waals surface area contributed by atoms with Crippen LogP contribution in [0, 0.1) is 0 Å². The van der Waals surface area contributed by atoms with Crippen molar-refractivity contribution in [3.05, 3.63) is 37.0 Å². The van der Waals surface area contributed by atoms with Crippen molar-refractivity contribution in [1.29, 1.82) is 0 Å². The van der Waals surface area contributed by atoms with Crippen molar-refractivity contribution in [1.82, 2.24) is 0 Å². The van der Waals surface area contributed by atoms with Crippen molar-refractivity contribution in [2.45, 2.75) is 64.7 Å². The van der Waals surface area contributed by atoms with Crippen LogP contribution >= 0.6 is 0 Å². The van der Waals surface area contributed by atoms with Gasteiger partial charge in [-0.1, -0.05) is 88.8 Å². The second-order valence-corrected chi connectivity index (χ2v) is 4.31. The van der Waals surface area contributed by atoms with Crippen molar-refractivity contribution in [2.75, 3.05) is 0 Å². The van der Waals surface area contributed by atoms with E-state index in [1.807, 2.05) is 12.2 Å². The van der Waals surface area contributed by atoms with Gasteiger partial charge in [0.1, 0.15) is 0 Å². The Morgan fingerprint density at radius 3 is 2.00 bits per heavy atom. The lowest BCUT2D eigenvalue weighted by atomic mass is 10.1. The van der Waals surface area contributed by atoms with E-state index in [1.165, 1.54) is 57.8 Å². The van der Waals surface area contributed by atoms with Gasteiger partial charge in [0.25, 0.3) is 0 Å². The summed E-state index contributed by atoms with van der Waals surface area (Å²) >= 11 is 0. The van der Waals surface area contributed by atoms with Crippen LogP contribution in [0.4, 0.5) is 0 Å². The number of allylic oxidation sites excluding steroid dienone is 5. The Balaban J connectivity index is 3.06. The van der Waals surface area contributed by atoms with Crippen molar-refractivity contribution in [3.8, 4) is 0 Å². The topological polar surface area (TPSA) is 0 Å². The Morgan fingerprint density at radius 2 is 1.38 bits per heavy atom. The molecule has 0 spiro atoms. The average molecular weight is 220 g/mol.